The smallest absolute Gasteiger partial charge is 0.141 e. The van der Waals surface area contributed by atoms with Gasteiger partial charge in [-0.1, -0.05) is 146 Å². The van der Waals surface area contributed by atoms with Gasteiger partial charge in [-0.15, -0.1) is 0 Å². The second kappa shape index (κ2) is 11.1. The predicted molar refractivity (Wildman–Crippen MR) is 200 cm³/mol. The van der Waals surface area contributed by atoms with E-state index in [2.05, 4.69) is 175 Å². The van der Waals surface area contributed by atoms with E-state index in [-0.39, 0.29) is 0 Å². The first-order valence-electron chi connectivity index (χ1n) is 16.4. The van der Waals surface area contributed by atoms with Crippen LogP contribution in [0.4, 0.5) is 0 Å². The quantitative estimate of drug-likeness (QED) is 0.180. The van der Waals surface area contributed by atoms with Crippen molar-refractivity contribution in [3.63, 3.8) is 0 Å². The predicted octanol–water partition coefficient (Wildman–Crippen LogP) is 12.2. The highest BCUT2D eigenvalue weighted by molar-refractivity contribution is 6.22. The SMILES string of the molecule is CCn1c(-c2ccc(-c3ccccc3)cc2)nc2cc(-c3c4ccccc4c(-c4ccc5ccccc5c4)c4ccccc34)ccc21. The number of nitrogens with zero attached hydrogens (tertiary/aromatic N) is 2. The highest BCUT2D eigenvalue weighted by Gasteiger charge is 2.19. The van der Waals surface area contributed by atoms with Gasteiger partial charge in [-0.25, -0.2) is 4.98 Å². The normalized spacial score (nSPS) is 11.6. The van der Waals surface area contributed by atoms with Gasteiger partial charge in [0, 0.05) is 12.1 Å². The molecule has 222 valence electrons. The zero-order valence-electron chi connectivity index (χ0n) is 26.2. The number of imidazole rings is 1. The molecule has 0 bridgehead atoms. The van der Waals surface area contributed by atoms with Gasteiger partial charge in [0.2, 0.25) is 0 Å². The maximum absolute atomic E-state index is 5.26. The van der Waals surface area contributed by atoms with Gasteiger partial charge in [-0.2, -0.15) is 0 Å². The van der Waals surface area contributed by atoms with Crippen molar-refractivity contribution >= 4 is 43.4 Å². The number of rotatable bonds is 5. The lowest BCUT2D eigenvalue weighted by Gasteiger charge is -2.18. The molecule has 0 saturated carbocycles. The largest absolute Gasteiger partial charge is 0.324 e. The Morgan fingerprint density at radius 3 is 1.55 bits per heavy atom. The van der Waals surface area contributed by atoms with Crippen LogP contribution in [-0.2, 0) is 6.54 Å². The van der Waals surface area contributed by atoms with Gasteiger partial charge in [0.25, 0.3) is 0 Å². The zero-order valence-corrected chi connectivity index (χ0v) is 26.2. The number of benzene rings is 8. The molecule has 0 unspecified atom stereocenters. The summed E-state index contributed by atoms with van der Waals surface area (Å²) in [4.78, 5) is 5.26. The van der Waals surface area contributed by atoms with Crippen molar-refractivity contribution < 1.29 is 0 Å². The van der Waals surface area contributed by atoms with Gasteiger partial charge < -0.3 is 4.57 Å². The van der Waals surface area contributed by atoms with Crippen LogP contribution in [0.15, 0.2) is 164 Å². The summed E-state index contributed by atoms with van der Waals surface area (Å²) >= 11 is 0. The fourth-order valence-electron chi connectivity index (χ4n) is 7.36. The summed E-state index contributed by atoms with van der Waals surface area (Å²) in [5.74, 6) is 1.00. The first-order chi connectivity index (χ1) is 23.3. The van der Waals surface area contributed by atoms with E-state index < -0.39 is 0 Å². The molecule has 0 aliphatic carbocycles. The van der Waals surface area contributed by atoms with Gasteiger partial charge >= 0.3 is 0 Å². The molecule has 0 aliphatic rings. The molecule has 8 aromatic carbocycles. The van der Waals surface area contributed by atoms with Crippen LogP contribution < -0.4 is 0 Å². The summed E-state index contributed by atoms with van der Waals surface area (Å²) in [5.41, 5.74) is 10.7. The summed E-state index contributed by atoms with van der Waals surface area (Å²) in [6.07, 6.45) is 0. The Hall–Kier alpha value is -5.99. The molecular formula is C45H32N2. The van der Waals surface area contributed by atoms with Crippen molar-refractivity contribution in [1.29, 1.82) is 0 Å². The number of aromatic nitrogens is 2. The summed E-state index contributed by atoms with van der Waals surface area (Å²) in [6.45, 7) is 3.04. The molecule has 0 spiro atoms. The Labute approximate surface area is 274 Å². The molecular weight excluding hydrogens is 569 g/mol. The third kappa shape index (κ3) is 4.53. The van der Waals surface area contributed by atoms with Crippen molar-refractivity contribution in [3.05, 3.63) is 164 Å². The van der Waals surface area contributed by atoms with E-state index in [9.17, 15) is 0 Å². The fraction of sp³-hybridized carbons (Fsp3) is 0.0444. The highest BCUT2D eigenvalue weighted by atomic mass is 15.1. The summed E-state index contributed by atoms with van der Waals surface area (Å²) in [6, 6.07) is 59.3. The van der Waals surface area contributed by atoms with E-state index in [1.807, 2.05) is 0 Å². The third-order valence-electron chi connectivity index (χ3n) is 9.57. The molecule has 2 heteroatoms. The fourth-order valence-corrected chi connectivity index (χ4v) is 7.36. The molecule has 47 heavy (non-hydrogen) atoms. The second-order valence-electron chi connectivity index (χ2n) is 12.2. The Morgan fingerprint density at radius 1 is 0.426 bits per heavy atom. The van der Waals surface area contributed by atoms with E-state index in [0.717, 1.165) is 29.0 Å². The molecule has 0 aliphatic heterocycles. The Bertz CT molecular complexity index is 2540. The molecule has 1 heterocycles. The van der Waals surface area contributed by atoms with Crippen molar-refractivity contribution in [2.24, 2.45) is 0 Å². The van der Waals surface area contributed by atoms with E-state index >= 15 is 0 Å². The number of hydrogen-bond acceptors (Lipinski definition) is 1. The maximum atomic E-state index is 5.26. The van der Waals surface area contributed by atoms with Crippen LogP contribution in [0.1, 0.15) is 6.92 Å². The Balaban J connectivity index is 1.23. The van der Waals surface area contributed by atoms with E-state index in [1.54, 1.807) is 0 Å². The van der Waals surface area contributed by atoms with Gasteiger partial charge in [-0.05, 0) is 90.8 Å². The Kier molecular flexibility index (Phi) is 6.46. The summed E-state index contributed by atoms with van der Waals surface area (Å²) in [7, 11) is 0. The van der Waals surface area contributed by atoms with Crippen LogP contribution in [0, 0.1) is 0 Å². The lowest BCUT2D eigenvalue weighted by atomic mass is 9.85. The lowest BCUT2D eigenvalue weighted by Crippen LogP contribution is -1.97. The molecule has 9 aromatic rings. The lowest BCUT2D eigenvalue weighted by molar-refractivity contribution is 0.796. The van der Waals surface area contributed by atoms with Crippen molar-refractivity contribution in [2.75, 3.05) is 0 Å². The zero-order chi connectivity index (χ0) is 31.3. The van der Waals surface area contributed by atoms with Gasteiger partial charge in [-0.3, -0.25) is 0 Å². The first kappa shape index (κ1) is 27.3. The molecule has 0 amide bonds. The molecule has 0 N–H and O–H groups in total. The monoisotopic (exact) mass is 600 g/mol. The Morgan fingerprint density at radius 2 is 0.915 bits per heavy atom. The minimum atomic E-state index is 0.845. The van der Waals surface area contributed by atoms with Gasteiger partial charge in [0.1, 0.15) is 5.82 Å². The standard InChI is InChI=1S/C45H32N2/c1-2-47-42-27-26-36(29-41(42)46-45(47)33-23-20-32(21-24-33)30-12-4-3-5-13-30)44-39-18-10-8-16-37(39)43(38-17-9-11-19-40(38)44)35-25-22-31-14-6-7-15-34(31)28-35/h3-29H,2H2,1H3. The minimum Gasteiger partial charge on any atom is -0.324 e. The van der Waals surface area contributed by atoms with Crippen molar-refractivity contribution in [1.82, 2.24) is 9.55 Å². The molecule has 0 radical (unpaired) electrons. The average Bonchev–Trinajstić information content (AvgIpc) is 3.52. The van der Waals surface area contributed by atoms with Crippen molar-refractivity contribution in [2.45, 2.75) is 13.5 Å². The number of fused-ring (bicyclic) bond motifs is 4. The van der Waals surface area contributed by atoms with E-state index in [4.69, 9.17) is 4.98 Å². The summed E-state index contributed by atoms with van der Waals surface area (Å²) in [5, 5.41) is 7.53. The molecule has 0 atom stereocenters. The van der Waals surface area contributed by atoms with Gasteiger partial charge in [0.05, 0.1) is 11.0 Å². The molecule has 0 saturated heterocycles. The van der Waals surface area contributed by atoms with E-state index in [0.29, 0.717) is 0 Å². The van der Waals surface area contributed by atoms with Crippen LogP contribution >= 0.6 is 0 Å². The van der Waals surface area contributed by atoms with Gasteiger partial charge in [0.15, 0.2) is 0 Å². The van der Waals surface area contributed by atoms with E-state index in [1.165, 1.54) is 65.7 Å². The molecule has 9 rings (SSSR count). The minimum absolute atomic E-state index is 0.845. The number of hydrogen-bond donors (Lipinski definition) is 0. The highest BCUT2D eigenvalue weighted by Crippen LogP contribution is 2.44. The average molecular weight is 601 g/mol. The van der Waals surface area contributed by atoms with Crippen LogP contribution in [-0.4, -0.2) is 9.55 Å². The second-order valence-corrected chi connectivity index (χ2v) is 12.2. The number of aryl methyl sites for hydroxylation is 1. The third-order valence-corrected chi connectivity index (χ3v) is 9.57. The van der Waals surface area contributed by atoms with Crippen LogP contribution in [0.3, 0.4) is 0 Å². The molecule has 1 aromatic heterocycles. The summed E-state index contributed by atoms with van der Waals surface area (Å²) < 4.78 is 2.33. The first-order valence-corrected chi connectivity index (χ1v) is 16.4. The van der Waals surface area contributed by atoms with Crippen LogP contribution in [0.25, 0.3) is 88.1 Å². The maximum Gasteiger partial charge on any atom is 0.141 e. The van der Waals surface area contributed by atoms with Crippen LogP contribution in [0.5, 0.6) is 0 Å². The molecule has 2 nitrogen and oxygen atoms in total. The van der Waals surface area contributed by atoms with Crippen LogP contribution in [0.2, 0.25) is 0 Å². The topological polar surface area (TPSA) is 17.8 Å². The molecule has 0 fully saturated rings. The van der Waals surface area contributed by atoms with Crippen molar-refractivity contribution in [3.8, 4) is 44.8 Å².